The average molecular weight is 325 g/mol. The third-order valence-corrected chi connectivity index (χ3v) is 5.15. The van der Waals surface area contributed by atoms with E-state index in [0.29, 0.717) is 5.92 Å². The number of hydrogen-bond donors (Lipinski definition) is 0. The Morgan fingerprint density at radius 3 is 2.24 bits per heavy atom. The van der Waals surface area contributed by atoms with Crippen LogP contribution in [0.3, 0.4) is 0 Å². The van der Waals surface area contributed by atoms with Crippen LogP contribution in [0.5, 0.6) is 0 Å². The van der Waals surface area contributed by atoms with Gasteiger partial charge in [-0.15, -0.1) is 0 Å². The molecular formula is C24H23N. The van der Waals surface area contributed by atoms with Crippen molar-refractivity contribution in [3.63, 3.8) is 0 Å². The van der Waals surface area contributed by atoms with Gasteiger partial charge in [0.15, 0.2) is 0 Å². The smallest absolute Gasteiger partial charge is 0.0534 e. The Morgan fingerprint density at radius 2 is 1.52 bits per heavy atom. The fraction of sp³-hybridized carbons (Fsp3) is 0.167. The first kappa shape index (κ1) is 15.7. The van der Waals surface area contributed by atoms with Crippen LogP contribution in [0.25, 0.3) is 27.8 Å². The van der Waals surface area contributed by atoms with Crippen LogP contribution >= 0.6 is 0 Å². The van der Waals surface area contributed by atoms with E-state index in [1.807, 2.05) is 0 Å². The zero-order chi connectivity index (χ0) is 17.2. The second kappa shape index (κ2) is 6.60. The largest absolute Gasteiger partial charge is 0.323 e. The molecule has 1 unspecified atom stereocenters. The summed E-state index contributed by atoms with van der Waals surface area (Å²) < 4.78 is 2.22. The van der Waals surface area contributed by atoms with Crippen molar-refractivity contribution in [1.29, 1.82) is 0 Å². The molecule has 0 bridgehead atoms. The maximum atomic E-state index is 2.29. The van der Waals surface area contributed by atoms with Crippen molar-refractivity contribution < 1.29 is 0 Å². The lowest BCUT2D eigenvalue weighted by molar-refractivity contribution is 0.734. The van der Waals surface area contributed by atoms with Gasteiger partial charge in [0, 0.05) is 23.5 Å². The summed E-state index contributed by atoms with van der Waals surface area (Å²) in [5, 5.41) is 0. The van der Waals surface area contributed by atoms with E-state index in [2.05, 4.69) is 103 Å². The molecule has 0 saturated carbocycles. The Morgan fingerprint density at radius 1 is 0.800 bits per heavy atom. The molecule has 0 saturated heterocycles. The summed E-state index contributed by atoms with van der Waals surface area (Å²) in [6, 6.07) is 26.2. The zero-order valence-corrected chi connectivity index (χ0v) is 14.8. The Labute approximate surface area is 149 Å². The van der Waals surface area contributed by atoms with Crippen LogP contribution in [0.15, 0.2) is 85.2 Å². The molecule has 0 aliphatic heterocycles. The standard InChI is InChI=1S/C24H23N/c1-3-18(2)19-12-14-20(15-13-19)22-17-25-16-8-7-11-23(25)24(22)21-9-5-4-6-10-21/h4-18H,3H2,1-2H3. The fourth-order valence-electron chi connectivity index (χ4n) is 3.48. The molecule has 1 atom stereocenters. The van der Waals surface area contributed by atoms with Crippen molar-refractivity contribution in [2.45, 2.75) is 26.2 Å². The Kier molecular flexibility index (Phi) is 4.15. The topological polar surface area (TPSA) is 4.41 Å². The van der Waals surface area contributed by atoms with Gasteiger partial charge in [-0.1, -0.05) is 74.5 Å². The normalized spacial score (nSPS) is 12.4. The molecule has 1 heteroatoms. The number of fused-ring (bicyclic) bond motifs is 1. The zero-order valence-electron chi connectivity index (χ0n) is 14.8. The van der Waals surface area contributed by atoms with Crippen molar-refractivity contribution in [3.05, 3.63) is 90.8 Å². The second-order valence-electron chi connectivity index (χ2n) is 6.71. The molecule has 0 radical (unpaired) electrons. The molecule has 2 aromatic carbocycles. The quantitative estimate of drug-likeness (QED) is 0.389. The van der Waals surface area contributed by atoms with Crippen LogP contribution in [-0.4, -0.2) is 4.40 Å². The summed E-state index contributed by atoms with van der Waals surface area (Å²) in [7, 11) is 0. The first-order valence-corrected chi connectivity index (χ1v) is 9.03. The van der Waals surface area contributed by atoms with Gasteiger partial charge < -0.3 is 4.40 Å². The van der Waals surface area contributed by atoms with E-state index in [4.69, 9.17) is 0 Å². The lowest BCUT2D eigenvalue weighted by Crippen LogP contribution is -1.90. The minimum Gasteiger partial charge on any atom is -0.323 e. The summed E-state index contributed by atoms with van der Waals surface area (Å²) in [5.41, 5.74) is 7.78. The van der Waals surface area contributed by atoms with Gasteiger partial charge in [0.2, 0.25) is 0 Å². The predicted molar refractivity (Wildman–Crippen MR) is 107 cm³/mol. The molecular weight excluding hydrogens is 302 g/mol. The van der Waals surface area contributed by atoms with Crippen molar-refractivity contribution in [2.75, 3.05) is 0 Å². The number of pyridine rings is 1. The first-order chi connectivity index (χ1) is 12.3. The number of hydrogen-bond acceptors (Lipinski definition) is 0. The molecule has 124 valence electrons. The molecule has 4 aromatic rings. The Hall–Kier alpha value is -2.80. The Balaban J connectivity index is 1.90. The van der Waals surface area contributed by atoms with Crippen molar-refractivity contribution in [3.8, 4) is 22.3 Å². The van der Waals surface area contributed by atoms with Crippen molar-refractivity contribution in [1.82, 2.24) is 4.40 Å². The van der Waals surface area contributed by atoms with E-state index in [1.54, 1.807) is 0 Å². The number of rotatable bonds is 4. The second-order valence-corrected chi connectivity index (χ2v) is 6.71. The molecule has 25 heavy (non-hydrogen) atoms. The lowest BCUT2D eigenvalue weighted by atomic mass is 9.94. The van der Waals surface area contributed by atoms with Crippen molar-refractivity contribution >= 4 is 5.52 Å². The van der Waals surface area contributed by atoms with Gasteiger partial charge in [-0.25, -0.2) is 0 Å². The van der Waals surface area contributed by atoms with Crippen LogP contribution < -0.4 is 0 Å². The molecule has 0 fully saturated rings. The summed E-state index contributed by atoms with van der Waals surface area (Å²) in [4.78, 5) is 0. The summed E-state index contributed by atoms with van der Waals surface area (Å²) in [5.74, 6) is 0.607. The minimum absolute atomic E-state index is 0.607. The van der Waals surface area contributed by atoms with E-state index in [0.717, 1.165) is 0 Å². The van der Waals surface area contributed by atoms with E-state index >= 15 is 0 Å². The van der Waals surface area contributed by atoms with Crippen LogP contribution in [0.1, 0.15) is 31.7 Å². The van der Waals surface area contributed by atoms with E-state index in [1.165, 1.54) is 39.8 Å². The summed E-state index contributed by atoms with van der Waals surface area (Å²) in [6.07, 6.45) is 5.54. The van der Waals surface area contributed by atoms with Gasteiger partial charge in [-0.2, -0.15) is 0 Å². The highest BCUT2D eigenvalue weighted by molar-refractivity contribution is 5.94. The van der Waals surface area contributed by atoms with E-state index in [9.17, 15) is 0 Å². The van der Waals surface area contributed by atoms with Crippen LogP contribution in [0, 0.1) is 0 Å². The number of benzene rings is 2. The molecule has 1 nitrogen and oxygen atoms in total. The van der Waals surface area contributed by atoms with Gasteiger partial charge >= 0.3 is 0 Å². The summed E-state index contributed by atoms with van der Waals surface area (Å²) >= 11 is 0. The van der Waals surface area contributed by atoms with Gasteiger partial charge in [-0.3, -0.25) is 0 Å². The molecule has 2 heterocycles. The first-order valence-electron chi connectivity index (χ1n) is 9.03. The van der Waals surface area contributed by atoms with E-state index < -0.39 is 0 Å². The van der Waals surface area contributed by atoms with Crippen LogP contribution in [-0.2, 0) is 0 Å². The number of nitrogens with zero attached hydrogens (tertiary/aromatic N) is 1. The number of aromatic nitrogens is 1. The van der Waals surface area contributed by atoms with Crippen LogP contribution in [0.4, 0.5) is 0 Å². The highest BCUT2D eigenvalue weighted by Gasteiger charge is 2.14. The SMILES string of the molecule is CCC(C)c1ccc(-c2cn3ccccc3c2-c2ccccc2)cc1. The highest BCUT2D eigenvalue weighted by Crippen LogP contribution is 2.37. The molecule has 0 aliphatic carbocycles. The third-order valence-electron chi connectivity index (χ3n) is 5.15. The van der Waals surface area contributed by atoms with Crippen LogP contribution in [0.2, 0.25) is 0 Å². The van der Waals surface area contributed by atoms with Gasteiger partial charge in [0.25, 0.3) is 0 Å². The van der Waals surface area contributed by atoms with Gasteiger partial charge in [-0.05, 0) is 41.2 Å². The maximum absolute atomic E-state index is 2.29. The van der Waals surface area contributed by atoms with E-state index in [-0.39, 0.29) is 0 Å². The molecule has 0 aliphatic rings. The average Bonchev–Trinajstić information content (AvgIpc) is 3.07. The predicted octanol–water partition coefficient (Wildman–Crippen LogP) is 6.79. The lowest BCUT2D eigenvalue weighted by Gasteiger charge is -2.10. The molecule has 0 spiro atoms. The van der Waals surface area contributed by atoms with Gasteiger partial charge in [0.1, 0.15) is 0 Å². The molecule has 2 aromatic heterocycles. The monoisotopic (exact) mass is 325 g/mol. The highest BCUT2D eigenvalue weighted by atomic mass is 14.9. The Bertz CT molecular complexity index is 978. The molecule has 0 N–H and O–H groups in total. The minimum atomic E-state index is 0.607. The van der Waals surface area contributed by atoms with Crippen molar-refractivity contribution in [2.24, 2.45) is 0 Å². The molecule has 4 rings (SSSR count). The molecule has 0 amide bonds. The fourth-order valence-corrected chi connectivity index (χ4v) is 3.48. The maximum Gasteiger partial charge on any atom is 0.0534 e. The summed E-state index contributed by atoms with van der Waals surface area (Å²) in [6.45, 7) is 4.53. The van der Waals surface area contributed by atoms with Gasteiger partial charge in [0.05, 0.1) is 5.52 Å². The third kappa shape index (κ3) is 2.87.